The molecule has 1 aliphatic heterocycles. The summed E-state index contributed by atoms with van der Waals surface area (Å²) in [5.41, 5.74) is 0.946. The Kier molecular flexibility index (Phi) is 31.8. The molecule has 0 spiro atoms. The average molecular weight is 565 g/mol. The lowest BCUT2D eigenvalue weighted by atomic mass is 10.00. The van der Waals surface area contributed by atoms with E-state index in [1.54, 1.807) is 6.92 Å². The molecule has 0 aromatic heterocycles. The Morgan fingerprint density at radius 1 is 1.19 bits per heavy atom. The van der Waals surface area contributed by atoms with Gasteiger partial charge in [0.05, 0.1) is 0 Å². The minimum atomic E-state index is -0.375. The summed E-state index contributed by atoms with van der Waals surface area (Å²) in [5, 5.41) is 0.617. The summed E-state index contributed by atoms with van der Waals surface area (Å²) in [6.07, 6.45) is 2.03. The van der Waals surface area contributed by atoms with E-state index in [4.69, 9.17) is 38.6 Å². The van der Waals surface area contributed by atoms with Gasteiger partial charge in [-0.05, 0) is 57.1 Å². The zero-order valence-corrected chi connectivity index (χ0v) is 22.9. The van der Waals surface area contributed by atoms with Gasteiger partial charge in [0, 0.05) is 53.0 Å². The molecule has 3 nitrogen and oxygen atoms in total. The third-order valence-electron chi connectivity index (χ3n) is 2.59. The Balaban J connectivity index is -0.000000168. The highest BCUT2D eigenvalue weighted by Crippen LogP contribution is 2.18. The van der Waals surface area contributed by atoms with Gasteiger partial charge in [0.1, 0.15) is 5.60 Å². The number of rotatable bonds is 0. The number of amides is 1. The third-order valence-corrected chi connectivity index (χ3v) is 3.13. The van der Waals surface area contributed by atoms with Crippen LogP contribution in [0.3, 0.4) is 0 Å². The Labute approximate surface area is 193 Å². The first-order chi connectivity index (χ1) is 12.1. The summed E-state index contributed by atoms with van der Waals surface area (Å²) in [4.78, 5) is 13.4. The molecule has 0 atom stereocenters. The number of hydrogen-bond acceptors (Lipinski definition) is 3. The van der Waals surface area contributed by atoms with Crippen molar-refractivity contribution < 1.29 is 9.53 Å². The summed E-state index contributed by atoms with van der Waals surface area (Å²) >= 11 is 12.2. The van der Waals surface area contributed by atoms with E-state index in [0.717, 1.165) is 31.8 Å². The van der Waals surface area contributed by atoms with Gasteiger partial charge in [-0.2, -0.15) is 0 Å². The maximum absolute atomic E-state index is 11.6. The van der Waals surface area contributed by atoms with E-state index < -0.39 is 0 Å². The van der Waals surface area contributed by atoms with Crippen LogP contribution >= 0.6 is 63.2 Å². The van der Waals surface area contributed by atoms with Crippen molar-refractivity contribution >= 4 is 69.3 Å². The topological polar surface area (TPSA) is 29.5 Å². The molecule has 160 valence electrons. The minimum absolute atomic E-state index is 0.163. The average Bonchev–Trinajstić information content (AvgIpc) is 2.59. The van der Waals surface area contributed by atoms with Crippen molar-refractivity contribution in [1.82, 2.24) is 4.90 Å². The molecule has 1 rings (SSSR count). The van der Waals surface area contributed by atoms with Gasteiger partial charge in [0.2, 0.25) is 0 Å². The highest BCUT2D eigenvalue weighted by molar-refractivity contribution is 14.2. The molecule has 1 amide bonds. The number of likely N-dealkylation sites (tertiary alicyclic amines) is 1. The van der Waals surface area contributed by atoms with Crippen LogP contribution in [0.1, 0.15) is 75.2 Å². The van der Waals surface area contributed by atoms with Gasteiger partial charge >= 0.3 is 6.09 Å². The van der Waals surface area contributed by atoms with Crippen molar-refractivity contribution in [3.63, 3.8) is 0 Å². The predicted octanol–water partition coefficient (Wildman–Crippen LogP) is 9.25. The summed E-state index contributed by atoms with van der Waals surface area (Å²) in [6, 6.07) is 0. The molecule has 0 N–H and O–H groups in total. The molecule has 1 fully saturated rings. The van der Waals surface area contributed by atoms with Gasteiger partial charge < -0.3 is 9.64 Å². The van der Waals surface area contributed by atoms with E-state index >= 15 is 0 Å². The van der Waals surface area contributed by atoms with Crippen LogP contribution in [0, 0.1) is 5.92 Å². The fourth-order valence-corrected chi connectivity index (χ4v) is 1.52. The number of ether oxygens (including phenoxy) is 1. The summed E-state index contributed by atoms with van der Waals surface area (Å²) < 4.78 is 5.30. The Bertz CT molecular complexity index is 329. The molecule has 26 heavy (non-hydrogen) atoms. The number of piperidine rings is 1. The van der Waals surface area contributed by atoms with Gasteiger partial charge in [-0.15, -0.1) is 0 Å². The zero-order valence-electron chi connectivity index (χ0n) is 17.7. The number of carbonyl (C=O) groups is 1. The molecule has 0 aromatic carbocycles. The number of nitrogens with zero attached hydrogens (tertiary/aromatic N) is 1. The van der Waals surface area contributed by atoms with Gasteiger partial charge in [-0.25, -0.2) is 4.79 Å². The largest absolute Gasteiger partial charge is 0.444 e. The van der Waals surface area contributed by atoms with Crippen molar-refractivity contribution in [2.45, 2.75) is 80.8 Å². The minimum Gasteiger partial charge on any atom is -0.444 e. The van der Waals surface area contributed by atoms with E-state index in [2.05, 4.69) is 6.92 Å². The van der Waals surface area contributed by atoms with Crippen molar-refractivity contribution in [1.29, 1.82) is 0 Å². The van der Waals surface area contributed by atoms with E-state index in [-0.39, 0.29) is 11.7 Å². The quantitative estimate of drug-likeness (QED) is 0.275. The number of hydrogen-bond donors (Lipinski definition) is 0. The van der Waals surface area contributed by atoms with Crippen LogP contribution in [0.4, 0.5) is 4.79 Å². The molecule has 0 saturated carbocycles. The van der Waals surface area contributed by atoms with Crippen LogP contribution in [-0.4, -0.2) is 29.7 Å². The van der Waals surface area contributed by atoms with Gasteiger partial charge in [-0.3, -0.25) is 0 Å². The Morgan fingerprint density at radius 3 is 1.73 bits per heavy atom. The SMILES string of the molecule is C/C(Cl)=C/Cl.CC.CC.CC1CCN(C(=O)OC(C)(C)C)CC1.ClSI. The molecule has 1 aliphatic rings. The van der Waals surface area contributed by atoms with Gasteiger partial charge in [-0.1, -0.05) is 57.8 Å². The van der Waals surface area contributed by atoms with Crippen LogP contribution in [-0.2, 0) is 4.74 Å². The van der Waals surface area contributed by atoms with Crippen LogP contribution in [0.15, 0.2) is 10.6 Å². The highest BCUT2D eigenvalue weighted by atomic mass is 127. The molecule has 0 unspecified atom stereocenters. The van der Waals surface area contributed by atoms with Crippen LogP contribution in [0.2, 0.25) is 0 Å². The molecule has 0 aliphatic carbocycles. The maximum atomic E-state index is 11.6. The van der Waals surface area contributed by atoms with Crippen LogP contribution < -0.4 is 0 Å². The van der Waals surface area contributed by atoms with Crippen molar-refractivity contribution in [2.24, 2.45) is 5.92 Å². The van der Waals surface area contributed by atoms with Gasteiger partial charge in [0.25, 0.3) is 0 Å². The molecule has 0 radical (unpaired) electrons. The lowest BCUT2D eigenvalue weighted by Gasteiger charge is -2.32. The second kappa shape index (κ2) is 24.0. The van der Waals surface area contributed by atoms with Crippen molar-refractivity contribution in [2.75, 3.05) is 13.1 Å². The molecule has 8 heteroatoms. The lowest BCUT2D eigenvalue weighted by Crippen LogP contribution is -2.41. The van der Waals surface area contributed by atoms with E-state index in [1.807, 2.05) is 74.6 Å². The number of allylic oxidation sites excluding steroid dienone is 1. The molecule has 0 aromatic rings. The van der Waals surface area contributed by atoms with Crippen molar-refractivity contribution in [3.8, 4) is 0 Å². The van der Waals surface area contributed by atoms with E-state index in [9.17, 15) is 4.79 Å². The second-order valence-electron chi connectivity index (χ2n) is 5.90. The number of halogens is 4. The van der Waals surface area contributed by atoms with E-state index in [0.29, 0.717) is 5.03 Å². The van der Waals surface area contributed by atoms with E-state index in [1.165, 1.54) is 13.7 Å². The number of carbonyl (C=O) groups excluding carboxylic acids is 1. The van der Waals surface area contributed by atoms with Gasteiger partial charge in [0.15, 0.2) is 0 Å². The molecule has 0 bridgehead atoms. The van der Waals surface area contributed by atoms with Crippen LogP contribution in [0.25, 0.3) is 0 Å². The standard InChI is InChI=1S/C11H21NO2.C3H4Cl2.2C2H6.ClIS/c1-9-5-7-12(8-6-9)10(13)14-11(2,3)4;1-3(5)2-4;2*1-2;1-3-2/h9H,5-8H2,1-4H3;2H,1H3;2*1-2H3;/b;3-2-;;;. The second-order valence-corrected chi connectivity index (χ2v) is 10.2. The van der Waals surface area contributed by atoms with Crippen LogP contribution in [0.5, 0.6) is 0 Å². The normalized spacial score (nSPS) is 14.0. The molecule has 1 heterocycles. The zero-order chi connectivity index (χ0) is 21.8. The summed E-state index contributed by atoms with van der Waals surface area (Å²) in [6.45, 7) is 19.3. The first-order valence-corrected chi connectivity index (χ1v) is 13.9. The fraction of sp³-hybridized carbons (Fsp3) is 0.833. The molecular weight excluding hydrogens is 528 g/mol. The summed E-state index contributed by atoms with van der Waals surface area (Å²) in [5.74, 6) is 0.744. The smallest absolute Gasteiger partial charge is 0.410 e. The first kappa shape index (κ1) is 34.5. The monoisotopic (exact) mass is 563 g/mol. The Hall–Kier alpha value is 0.960. The Morgan fingerprint density at radius 2 is 1.50 bits per heavy atom. The highest BCUT2D eigenvalue weighted by Gasteiger charge is 2.25. The fourth-order valence-electron chi connectivity index (χ4n) is 1.52. The molecular formula is C18H37Cl3INO2S. The summed E-state index contributed by atoms with van der Waals surface area (Å²) in [7, 11) is 6.09. The maximum Gasteiger partial charge on any atom is 0.410 e. The predicted molar refractivity (Wildman–Crippen MR) is 132 cm³/mol. The first-order valence-electron chi connectivity index (χ1n) is 8.87. The van der Waals surface area contributed by atoms with Crippen molar-refractivity contribution in [3.05, 3.63) is 10.6 Å². The molecule has 1 saturated heterocycles. The lowest BCUT2D eigenvalue weighted by molar-refractivity contribution is 0.0190. The third kappa shape index (κ3) is 29.7.